The molecule has 2 saturated heterocycles. The van der Waals surface area contributed by atoms with E-state index < -0.39 is 12.3 Å². The van der Waals surface area contributed by atoms with Crippen molar-refractivity contribution in [3.05, 3.63) is 65.2 Å². The van der Waals surface area contributed by atoms with Gasteiger partial charge in [-0.2, -0.15) is 0 Å². The number of hydrogen-bond donors (Lipinski definition) is 3. The Morgan fingerprint density at radius 3 is 2.42 bits per heavy atom. The van der Waals surface area contributed by atoms with Gasteiger partial charge in [-0.1, -0.05) is 42.8 Å². The molecule has 9 nitrogen and oxygen atoms in total. The van der Waals surface area contributed by atoms with Crippen molar-refractivity contribution in [1.29, 1.82) is 0 Å². The van der Waals surface area contributed by atoms with Gasteiger partial charge in [-0.25, -0.2) is 0 Å². The van der Waals surface area contributed by atoms with Crippen molar-refractivity contribution in [3.8, 4) is 0 Å². The van der Waals surface area contributed by atoms with Crippen molar-refractivity contribution < 1.29 is 34.0 Å². The monoisotopic (exact) mass is 554 g/mol. The highest BCUT2D eigenvalue weighted by Gasteiger charge is 2.35. The molecule has 2 aromatic carbocycles. The average molecular weight is 555 g/mol. The first kappa shape index (κ1) is 30.1. The Balaban J connectivity index is 1.39. The number of unbranched alkanes of at least 4 members (excludes halogenated alkanes) is 2. The maximum Gasteiger partial charge on any atom is 0.303 e. The van der Waals surface area contributed by atoms with Crippen LogP contribution in [0.4, 0.5) is 5.69 Å². The number of carboxylic acids is 1. The maximum atomic E-state index is 12.3. The van der Waals surface area contributed by atoms with Crippen LogP contribution in [0, 0.1) is 0 Å². The summed E-state index contributed by atoms with van der Waals surface area (Å²) in [5.41, 5.74) is 3.49. The molecule has 218 valence electrons. The number of rotatable bonds is 14. The lowest BCUT2D eigenvalue weighted by atomic mass is 9.99. The maximum absolute atomic E-state index is 12.3. The van der Waals surface area contributed by atoms with Crippen molar-refractivity contribution >= 4 is 17.6 Å². The lowest BCUT2D eigenvalue weighted by molar-refractivity contribution is -0.253. The van der Waals surface area contributed by atoms with Crippen LogP contribution in [0.1, 0.15) is 80.5 Å². The molecule has 2 heterocycles. The summed E-state index contributed by atoms with van der Waals surface area (Å²) in [6.07, 6.45) is 4.72. The van der Waals surface area contributed by atoms with Gasteiger partial charge in [0.2, 0.25) is 5.91 Å². The largest absolute Gasteiger partial charge is 0.481 e. The number of anilines is 1. The molecule has 2 aliphatic heterocycles. The third kappa shape index (κ3) is 8.84. The molecule has 40 heavy (non-hydrogen) atoms. The average Bonchev–Trinajstić information content (AvgIpc) is 3.39. The number of carbonyl (C=O) groups excluding carboxylic acids is 1. The van der Waals surface area contributed by atoms with Crippen molar-refractivity contribution in [1.82, 2.24) is 4.90 Å². The number of aliphatic carboxylic acids is 1. The highest BCUT2D eigenvalue weighted by molar-refractivity contribution is 5.90. The number of benzene rings is 2. The van der Waals surface area contributed by atoms with E-state index in [9.17, 15) is 14.7 Å². The molecule has 4 rings (SSSR count). The van der Waals surface area contributed by atoms with Gasteiger partial charge >= 0.3 is 5.97 Å². The zero-order chi connectivity index (χ0) is 28.3. The third-order valence-corrected chi connectivity index (χ3v) is 7.67. The lowest BCUT2D eigenvalue weighted by Crippen LogP contribution is -2.42. The van der Waals surface area contributed by atoms with Gasteiger partial charge in [0.25, 0.3) is 0 Å². The number of ether oxygens (including phenoxy) is 3. The number of likely N-dealkylation sites (tertiary alicyclic amines) is 1. The Hall–Kier alpha value is -2.82. The van der Waals surface area contributed by atoms with E-state index in [4.69, 9.17) is 19.3 Å². The number of aliphatic hydroxyl groups is 1. The first-order valence-electron chi connectivity index (χ1n) is 14.3. The first-order chi connectivity index (χ1) is 19.4. The Morgan fingerprint density at radius 2 is 1.73 bits per heavy atom. The van der Waals surface area contributed by atoms with Crippen LogP contribution in [0.2, 0.25) is 0 Å². The number of hydrogen-bond acceptors (Lipinski definition) is 7. The molecule has 0 aromatic heterocycles. The summed E-state index contributed by atoms with van der Waals surface area (Å²) >= 11 is 0. The van der Waals surface area contributed by atoms with Gasteiger partial charge in [-0.15, -0.1) is 0 Å². The van der Waals surface area contributed by atoms with E-state index in [0.29, 0.717) is 44.0 Å². The summed E-state index contributed by atoms with van der Waals surface area (Å²) in [5, 5.41) is 21.1. The van der Waals surface area contributed by atoms with Gasteiger partial charge in [0.05, 0.1) is 25.4 Å². The Morgan fingerprint density at radius 1 is 1.00 bits per heavy atom. The van der Waals surface area contributed by atoms with E-state index in [-0.39, 0.29) is 31.1 Å². The highest BCUT2D eigenvalue weighted by atomic mass is 16.7. The van der Waals surface area contributed by atoms with E-state index in [1.54, 1.807) is 7.11 Å². The minimum Gasteiger partial charge on any atom is -0.481 e. The normalized spacial score (nSPS) is 23.2. The quantitative estimate of drug-likeness (QED) is 0.285. The second-order valence-corrected chi connectivity index (χ2v) is 10.7. The fourth-order valence-corrected chi connectivity index (χ4v) is 5.50. The molecule has 0 bridgehead atoms. The van der Waals surface area contributed by atoms with Gasteiger partial charge in [0.15, 0.2) is 6.29 Å². The fraction of sp³-hybridized carbons (Fsp3) is 0.548. The first-order valence-corrected chi connectivity index (χ1v) is 14.3. The summed E-state index contributed by atoms with van der Waals surface area (Å²) in [4.78, 5) is 25.4. The molecular formula is C31H42N2O7. The standard InChI is InChI=1S/C31H42N2O7/c1-38-21-26-6-5-17-33(26)19-27-18-28(23-11-9-22(20-34)10-12-23)40-31(39-27)24-13-15-25(16-14-24)32-29(35)7-3-2-4-8-30(36)37/h9-16,26-28,31,34H,2-8,17-21H2,1H3,(H,32,35)(H,36,37). The molecule has 2 aliphatic rings. The molecule has 3 N–H and O–H groups in total. The van der Waals surface area contributed by atoms with Crippen LogP contribution in [0.5, 0.6) is 0 Å². The molecule has 0 spiro atoms. The number of nitrogens with zero attached hydrogens (tertiary/aromatic N) is 1. The summed E-state index contributed by atoms with van der Waals surface area (Å²) < 4.78 is 18.4. The predicted molar refractivity (Wildman–Crippen MR) is 151 cm³/mol. The van der Waals surface area contributed by atoms with Gasteiger partial charge in [0, 0.05) is 50.2 Å². The van der Waals surface area contributed by atoms with Crippen LogP contribution >= 0.6 is 0 Å². The van der Waals surface area contributed by atoms with E-state index in [1.165, 1.54) is 0 Å². The number of methoxy groups -OCH3 is 1. The molecule has 9 heteroatoms. The molecule has 2 aromatic rings. The zero-order valence-corrected chi connectivity index (χ0v) is 23.3. The van der Waals surface area contributed by atoms with Crippen LogP contribution in [0.15, 0.2) is 48.5 Å². The third-order valence-electron chi connectivity index (χ3n) is 7.67. The smallest absolute Gasteiger partial charge is 0.303 e. The van der Waals surface area contributed by atoms with Crippen LogP contribution in [-0.4, -0.2) is 65.9 Å². The predicted octanol–water partition coefficient (Wildman–Crippen LogP) is 4.81. The Bertz CT molecular complexity index is 1080. The van der Waals surface area contributed by atoms with Gasteiger partial charge in [-0.05, 0) is 55.5 Å². The molecule has 0 radical (unpaired) electrons. The molecule has 0 aliphatic carbocycles. The van der Waals surface area contributed by atoms with Gasteiger partial charge < -0.3 is 29.7 Å². The second kappa shape index (κ2) is 15.3. The van der Waals surface area contributed by atoms with Gasteiger partial charge in [-0.3, -0.25) is 14.5 Å². The molecule has 1 amide bonds. The minimum absolute atomic E-state index is 0.00359. The minimum atomic E-state index is -0.806. The molecule has 2 fully saturated rings. The summed E-state index contributed by atoms with van der Waals surface area (Å²) in [7, 11) is 1.75. The zero-order valence-electron chi connectivity index (χ0n) is 23.3. The molecular weight excluding hydrogens is 512 g/mol. The topological polar surface area (TPSA) is 118 Å². The Labute approximate surface area is 236 Å². The summed E-state index contributed by atoms with van der Waals surface area (Å²) in [6.45, 7) is 2.56. The van der Waals surface area contributed by atoms with Crippen molar-refractivity contribution in [2.24, 2.45) is 0 Å². The van der Waals surface area contributed by atoms with Crippen LogP contribution in [0.3, 0.4) is 0 Å². The van der Waals surface area contributed by atoms with Gasteiger partial charge in [0.1, 0.15) is 0 Å². The molecule has 4 unspecified atom stereocenters. The number of nitrogens with one attached hydrogen (secondary N) is 1. The van der Waals surface area contributed by atoms with Crippen LogP contribution < -0.4 is 5.32 Å². The number of amides is 1. The number of carbonyl (C=O) groups is 2. The summed E-state index contributed by atoms with van der Waals surface area (Å²) in [5.74, 6) is -0.894. The SMILES string of the molecule is COCC1CCCN1CC1CC(c2ccc(CO)cc2)OC(c2ccc(NC(=O)CCCCCC(=O)O)cc2)O1. The van der Waals surface area contributed by atoms with E-state index in [1.807, 2.05) is 48.5 Å². The van der Waals surface area contributed by atoms with Crippen molar-refractivity contribution in [3.63, 3.8) is 0 Å². The molecule has 0 saturated carbocycles. The lowest BCUT2D eigenvalue weighted by Gasteiger charge is -2.38. The highest BCUT2D eigenvalue weighted by Crippen LogP contribution is 2.39. The summed E-state index contributed by atoms with van der Waals surface area (Å²) in [6, 6.07) is 15.8. The van der Waals surface area contributed by atoms with Crippen molar-refractivity contribution in [2.75, 3.05) is 32.1 Å². The second-order valence-electron chi connectivity index (χ2n) is 10.7. The van der Waals surface area contributed by atoms with E-state index in [2.05, 4.69) is 10.2 Å². The fourth-order valence-electron chi connectivity index (χ4n) is 5.50. The molecule has 4 atom stereocenters. The van der Waals surface area contributed by atoms with E-state index >= 15 is 0 Å². The van der Waals surface area contributed by atoms with Crippen LogP contribution in [0.25, 0.3) is 0 Å². The Kier molecular flexibility index (Phi) is 11.5. The number of carboxylic acid groups (broad SMARTS) is 1. The number of aliphatic hydroxyl groups excluding tert-OH is 1. The van der Waals surface area contributed by atoms with E-state index in [0.717, 1.165) is 49.0 Å². The van der Waals surface area contributed by atoms with Crippen molar-refractivity contribution in [2.45, 2.75) is 82.5 Å². The van der Waals surface area contributed by atoms with Crippen LogP contribution in [-0.2, 0) is 30.4 Å².